The second-order valence-electron chi connectivity index (χ2n) is 5.17. The molecule has 0 aromatic rings. The zero-order valence-electron chi connectivity index (χ0n) is 13.9. The van der Waals surface area contributed by atoms with E-state index in [1.54, 1.807) is 13.1 Å². The van der Waals surface area contributed by atoms with Crippen LogP contribution in [-0.2, 0) is 19.4 Å². The monoisotopic (exact) mass is 347 g/mol. The number of alkyl carbamates (subject to hydrolysis) is 1. The van der Waals surface area contributed by atoms with Gasteiger partial charge in [0.25, 0.3) is 5.91 Å². The average molecular weight is 347 g/mol. The minimum absolute atomic E-state index is 0.0866. The molecule has 0 aliphatic heterocycles. The van der Waals surface area contributed by atoms with Gasteiger partial charge in [-0.3, -0.25) is 4.79 Å². The molecule has 2 amide bonds. The molecule has 0 radical (unpaired) electrons. The zero-order valence-corrected chi connectivity index (χ0v) is 14.7. The van der Waals surface area contributed by atoms with Gasteiger partial charge in [0, 0.05) is 12.8 Å². The highest BCUT2D eigenvalue weighted by molar-refractivity contribution is 7.90. The number of nitriles is 1. The molecule has 0 spiro atoms. The first kappa shape index (κ1) is 21.2. The minimum Gasteiger partial charge on any atom is -0.450 e. The predicted molar refractivity (Wildman–Crippen MR) is 85.1 cm³/mol. The molecule has 0 aliphatic carbocycles. The molecule has 23 heavy (non-hydrogen) atoms. The molecular formula is C14H25N3O5S. The Kier molecular flexibility index (Phi) is 9.97. The van der Waals surface area contributed by atoms with E-state index >= 15 is 0 Å². The van der Waals surface area contributed by atoms with Gasteiger partial charge in [0.1, 0.15) is 15.9 Å². The Morgan fingerprint density at radius 2 is 1.91 bits per heavy atom. The molecule has 8 nitrogen and oxygen atoms in total. The molecule has 0 bridgehead atoms. The van der Waals surface area contributed by atoms with Crippen molar-refractivity contribution in [3.05, 3.63) is 0 Å². The summed E-state index contributed by atoms with van der Waals surface area (Å²) in [5.41, 5.74) is 0. The molecule has 0 aromatic carbocycles. The van der Waals surface area contributed by atoms with Crippen LogP contribution in [-0.4, -0.2) is 56.5 Å². The molecule has 0 saturated heterocycles. The summed E-state index contributed by atoms with van der Waals surface area (Å²) in [6.45, 7) is 3.92. The highest BCUT2D eigenvalue weighted by Crippen LogP contribution is 2.02. The van der Waals surface area contributed by atoms with Crippen LogP contribution in [0.5, 0.6) is 0 Å². The third-order valence-electron chi connectivity index (χ3n) is 2.99. The van der Waals surface area contributed by atoms with Crippen molar-refractivity contribution in [1.82, 2.24) is 10.2 Å². The summed E-state index contributed by atoms with van der Waals surface area (Å²) in [4.78, 5) is 24.6. The lowest BCUT2D eigenvalue weighted by molar-refractivity contribution is -0.129. The Labute approximate surface area is 137 Å². The minimum atomic E-state index is -3.52. The summed E-state index contributed by atoms with van der Waals surface area (Å²) in [7, 11) is -3.52. The third kappa shape index (κ3) is 9.73. The highest BCUT2D eigenvalue weighted by atomic mass is 32.2. The molecule has 1 N–H and O–H groups in total. The number of nitrogens with one attached hydrogen (secondary N) is 1. The number of carbonyl (C=O) groups is 2. The number of unbranched alkanes of at least 4 members (excludes halogenated alkanes) is 3. The van der Waals surface area contributed by atoms with Crippen LogP contribution in [0.2, 0.25) is 0 Å². The highest BCUT2D eigenvalue weighted by Gasteiger charge is 2.29. The fourth-order valence-electron chi connectivity index (χ4n) is 1.82. The van der Waals surface area contributed by atoms with Crippen molar-refractivity contribution in [3.8, 4) is 6.19 Å². The summed E-state index contributed by atoms with van der Waals surface area (Å²) in [6.07, 6.45) is 5.46. The quantitative estimate of drug-likeness (QED) is 0.358. The largest absolute Gasteiger partial charge is 0.450 e. The Morgan fingerprint density at radius 3 is 2.39 bits per heavy atom. The lowest BCUT2D eigenvalue weighted by Crippen LogP contribution is -2.50. The maximum Gasteiger partial charge on any atom is 0.407 e. The van der Waals surface area contributed by atoms with Crippen molar-refractivity contribution in [3.63, 3.8) is 0 Å². The predicted octanol–water partition coefficient (Wildman–Crippen LogP) is 1.04. The van der Waals surface area contributed by atoms with E-state index in [1.165, 1.54) is 0 Å². The van der Waals surface area contributed by atoms with Crippen LogP contribution in [0.3, 0.4) is 0 Å². The first-order chi connectivity index (χ1) is 10.7. The van der Waals surface area contributed by atoms with E-state index in [0.29, 0.717) is 6.42 Å². The van der Waals surface area contributed by atoms with Gasteiger partial charge >= 0.3 is 6.09 Å². The van der Waals surface area contributed by atoms with E-state index in [1.807, 2.05) is 0 Å². The van der Waals surface area contributed by atoms with Gasteiger partial charge in [-0.25, -0.2) is 18.1 Å². The van der Waals surface area contributed by atoms with E-state index in [0.717, 1.165) is 30.4 Å². The SMILES string of the molecule is CCCCCCOC(=O)NC(CS(C)(=O)=O)C(=O)N(C#N)CC. The zero-order chi connectivity index (χ0) is 17.9. The fraction of sp³-hybridized carbons (Fsp3) is 0.786. The number of hydrogen-bond donors (Lipinski definition) is 1. The van der Waals surface area contributed by atoms with Gasteiger partial charge in [0.15, 0.2) is 6.19 Å². The number of carbonyl (C=O) groups excluding carboxylic acids is 2. The number of sulfone groups is 1. The van der Waals surface area contributed by atoms with E-state index in [-0.39, 0.29) is 13.2 Å². The van der Waals surface area contributed by atoms with Crippen molar-refractivity contribution >= 4 is 21.8 Å². The van der Waals surface area contributed by atoms with Crippen LogP contribution < -0.4 is 5.32 Å². The van der Waals surface area contributed by atoms with E-state index < -0.39 is 33.6 Å². The second-order valence-corrected chi connectivity index (χ2v) is 7.35. The lowest BCUT2D eigenvalue weighted by Gasteiger charge is -2.20. The van der Waals surface area contributed by atoms with E-state index in [9.17, 15) is 18.0 Å². The van der Waals surface area contributed by atoms with Gasteiger partial charge in [0.2, 0.25) is 0 Å². The molecule has 0 aromatic heterocycles. The third-order valence-corrected chi connectivity index (χ3v) is 3.93. The molecule has 1 atom stereocenters. The standard InChI is InChI=1S/C14H25N3O5S/c1-4-6-7-8-9-22-14(19)16-12(10-23(3,20)21)13(18)17(5-2)11-15/h12H,4-10H2,1-3H3,(H,16,19). The Hall–Kier alpha value is -1.82. The van der Waals surface area contributed by atoms with Crippen molar-refractivity contribution in [2.75, 3.05) is 25.2 Å². The summed E-state index contributed by atoms with van der Waals surface area (Å²) < 4.78 is 27.8. The van der Waals surface area contributed by atoms with Gasteiger partial charge < -0.3 is 10.1 Å². The van der Waals surface area contributed by atoms with Gasteiger partial charge in [-0.15, -0.1) is 0 Å². The first-order valence-electron chi connectivity index (χ1n) is 7.57. The van der Waals surface area contributed by atoms with Gasteiger partial charge in [-0.1, -0.05) is 26.2 Å². The Morgan fingerprint density at radius 1 is 1.26 bits per heavy atom. The molecule has 9 heteroatoms. The first-order valence-corrected chi connectivity index (χ1v) is 9.63. The summed E-state index contributed by atoms with van der Waals surface area (Å²) in [6, 6.07) is -1.34. The number of likely N-dealkylation sites (N-methyl/N-ethyl adjacent to an activating group) is 1. The smallest absolute Gasteiger partial charge is 0.407 e. The van der Waals surface area contributed by atoms with Crippen molar-refractivity contribution in [1.29, 1.82) is 5.26 Å². The van der Waals surface area contributed by atoms with Crippen molar-refractivity contribution < 1.29 is 22.7 Å². The molecule has 132 valence electrons. The molecule has 0 heterocycles. The fourth-order valence-corrected chi connectivity index (χ4v) is 2.65. The van der Waals surface area contributed by atoms with E-state index in [2.05, 4.69) is 12.2 Å². The lowest BCUT2D eigenvalue weighted by atomic mass is 10.2. The maximum atomic E-state index is 12.1. The maximum absolute atomic E-state index is 12.1. The Balaban J connectivity index is 4.67. The molecule has 0 saturated carbocycles. The topological polar surface area (TPSA) is 117 Å². The number of amides is 2. The normalized spacial score (nSPS) is 12.1. The second kappa shape index (κ2) is 10.8. The van der Waals surface area contributed by atoms with Gasteiger partial charge in [0.05, 0.1) is 12.4 Å². The van der Waals surface area contributed by atoms with Gasteiger partial charge in [-0.2, -0.15) is 5.26 Å². The van der Waals surface area contributed by atoms with Crippen LogP contribution >= 0.6 is 0 Å². The van der Waals surface area contributed by atoms with Crippen LogP contribution in [0, 0.1) is 11.5 Å². The van der Waals surface area contributed by atoms with Crippen LogP contribution in [0.25, 0.3) is 0 Å². The van der Waals surface area contributed by atoms with Crippen LogP contribution in [0.15, 0.2) is 0 Å². The number of hydrogen-bond acceptors (Lipinski definition) is 6. The summed E-state index contributed by atoms with van der Waals surface area (Å²) in [5, 5.41) is 11.1. The van der Waals surface area contributed by atoms with Gasteiger partial charge in [-0.05, 0) is 13.3 Å². The summed E-state index contributed by atoms with van der Waals surface area (Å²) in [5.74, 6) is -1.36. The Bertz CT molecular complexity index is 527. The van der Waals surface area contributed by atoms with Crippen molar-refractivity contribution in [2.24, 2.45) is 0 Å². The molecule has 1 unspecified atom stereocenters. The number of nitrogens with zero attached hydrogens (tertiary/aromatic N) is 2. The average Bonchev–Trinajstić information content (AvgIpc) is 2.46. The number of ether oxygens (including phenoxy) is 1. The summed E-state index contributed by atoms with van der Waals surface area (Å²) >= 11 is 0. The van der Waals surface area contributed by atoms with Crippen LogP contribution in [0.4, 0.5) is 4.79 Å². The van der Waals surface area contributed by atoms with Crippen LogP contribution in [0.1, 0.15) is 39.5 Å². The van der Waals surface area contributed by atoms with Crippen molar-refractivity contribution in [2.45, 2.75) is 45.6 Å². The van der Waals surface area contributed by atoms with E-state index in [4.69, 9.17) is 10.00 Å². The molecule has 0 rings (SSSR count). The molecular weight excluding hydrogens is 322 g/mol. The molecule has 0 fully saturated rings. The number of rotatable bonds is 10. The molecule has 0 aliphatic rings.